The Labute approximate surface area is 149 Å². The highest BCUT2D eigenvalue weighted by Crippen LogP contribution is 2.42. The maximum Gasteiger partial charge on any atom is 0.123 e. The third-order valence-corrected chi connectivity index (χ3v) is 5.27. The molecule has 0 atom stereocenters. The summed E-state index contributed by atoms with van der Waals surface area (Å²) in [6, 6.07) is 22.4. The van der Waals surface area contributed by atoms with Crippen LogP contribution in [-0.4, -0.2) is 0 Å². The molecule has 4 aromatic rings. The van der Waals surface area contributed by atoms with Crippen LogP contribution in [0.4, 0.5) is 10.1 Å². The predicted octanol–water partition coefficient (Wildman–Crippen LogP) is 5.87. The van der Waals surface area contributed by atoms with Gasteiger partial charge in [0.05, 0.1) is 10.6 Å². The molecule has 0 bridgehead atoms. The summed E-state index contributed by atoms with van der Waals surface area (Å²) in [7, 11) is 0. The second-order valence-corrected chi connectivity index (χ2v) is 6.84. The van der Waals surface area contributed by atoms with Gasteiger partial charge in [-0.15, -0.1) is 11.3 Å². The van der Waals surface area contributed by atoms with E-state index in [1.807, 2.05) is 48.5 Å². The van der Waals surface area contributed by atoms with Crippen LogP contribution in [-0.2, 0) is 6.61 Å². The quantitative estimate of drug-likeness (QED) is 0.500. The van der Waals surface area contributed by atoms with E-state index in [4.69, 9.17) is 10.5 Å². The standard InChI is InChI=1S/C21H16FNOS/c22-16-8-6-15(7-9-16)21-20(23)18-11-10-17(12-19(18)25-21)24-13-14-4-2-1-3-5-14/h1-12H,13,23H2. The van der Waals surface area contributed by atoms with Crippen LogP contribution in [0.25, 0.3) is 20.5 Å². The van der Waals surface area contributed by atoms with Crippen molar-refractivity contribution in [1.29, 1.82) is 0 Å². The molecule has 124 valence electrons. The normalized spacial score (nSPS) is 10.9. The van der Waals surface area contributed by atoms with Gasteiger partial charge >= 0.3 is 0 Å². The van der Waals surface area contributed by atoms with E-state index in [9.17, 15) is 4.39 Å². The van der Waals surface area contributed by atoms with Crippen molar-refractivity contribution >= 4 is 27.1 Å². The highest BCUT2D eigenvalue weighted by atomic mass is 32.1. The lowest BCUT2D eigenvalue weighted by Crippen LogP contribution is -1.94. The molecular formula is C21H16FNOS. The van der Waals surface area contributed by atoms with Crippen molar-refractivity contribution in [3.63, 3.8) is 0 Å². The molecule has 25 heavy (non-hydrogen) atoms. The van der Waals surface area contributed by atoms with Gasteiger partial charge in [0.15, 0.2) is 0 Å². The maximum absolute atomic E-state index is 13.1. The van der Waals surface area contributed by atoms with Crippen LogP contribution in [0.2, 0.25) is 0 Å². The van der Waals surface area contributed by atoms with Gasteiger partial charge in [-0.1, -0.05) is 42.5 Å². The number of nitrogens with two attached hydrogens (primary N) is 1. The third-order valence-electron chi connectivity index (χ3n) is 4.05. The summed E-state index contributed by atoms with van der Waals surface area (Å²) in [5.41, 5.74) is 9.07. The number of hydrogen-bond donors (Lipinski definition) is 1. The number of halogens is 1. The Morgan fingerprint density at radius 3 is 2.44 bits per heavy atom. The fourth-order valence-corrected chi connectivity index (χ4v) is 3.90. The Morgan fingerprint density at radius 1 is 0.920 bits per heavy atom. The number of anilines is 1. The molecule has 0 unspecified atom stereocenters. The van der Waals surface area contributed by atoms with Crippen LogP contribution in [0.15, 0.2) is 72.8 Å². The number of fused-ring (bicyclic) bond motifs is 1. The molecule has 2 nitrogen and oxygen atoms in total. The van der Waals surface area contributed by atoms with E-state index in [2.05, 4.69) is 0 Å². The molecular weight excluding hydrogens is 333 g/mol. The molecule has 3 aromatic carbocycles. The van der Waals surface area contributed by atoms with Crippen LogP contribution in [0, 0.1) is 5.82 Å². The average Bonchev–Trinajstić information content (AvgIpc) is 2.98. The van der Waals surface area contributed by atoms with E-state index in [0.29, 0.717) is 6.61 Å². The van der Waals surface area contributed by atoms with Gasteiger partial charge in [-0.2, -0.15) is 0 Å². The van der Waals surface area contributed by atoms with Crippen LogP contribution in [0.1, 0.15) is 5.56 Å². The Bertz CT molecular complexity index is 1010. The molecule has 0 amide bonds. The fourth-order valence-electron chi connectivity index (χ4n) is 2.74. The topological polar surface area (TPSA) is 35.2 Å². The number of rotatable bonds is 4. The van der Waals surface area contributed by atoms with Gasteiger partial charge in [-0.3, -0.25) is 0 Å². The zero-order valence-electron chi connectivity index (χ0n) is 13.4. The molecule has 0 aliphatic carbocycles. The van der Waals surface area contributed by atoms with Gasteiger partial charge < -0.3 is 10.5 Å². The summed E-state index contributed by atoms with van der Waals surface area (Å²) in [4.78, 5) is 0.954. The second kappa shape index (κ2) is 6.57. The van der Waals surface area contributed by atoms with E-state index in [1.54, 1.807) is 23.5 Å². The molecule has 0 spiro atoms. The SMILES string of the molecule is Nc1c(-c2ccc(F)cc2)sc2cc(OCc3ccccc3)ccc12. The van der Waals surface area contributed by atoms with Crippen molar-refractivity contribution < 1.29 is 9.13 Å². The Hall–Kier alpha value is -2.85. The lowest BCUT2D eigenvalue weighted by molar-refractivity contribution is 0.306. The van der Waals surface area contributed by atoms with Crippen molar-refractivity contribution in [3.8, 4) is 16.2 Å². The summed E-state index contributed by atoms with van der Waals surface area (Å²) in [5.74, 6) is 0.559. The van der Waals surface area contributed by atoms with Crippen LogP contribution in [0.5, 0.6) is 5.75 Å². The number of hydrogen-bond acceptors (Lipinski definition) is 3. The number of thiophene rings is 1. The van der Waals surface area contributed by atoms with E-state index in [0.717, 1.165) is 37.5 Å². The molecule has 0 saturated heterocycles. The Balaban J connectivity index is 1.63. The predicted molar refractivity (Wildman–Crippen MR) is 102 cm³/mol. The van der Waals surface area contributed by atoms with Crippen LogP contribution in [0.3, 0.4) is 0 Å². The second-order valence-electron chi connectivity index (χ2n) is 5.78. The molecule has 0 radical (unpaired) electrons. The van der Waals surface area contributed by atoms with Gasteiger partial charge in [0, 0.05) is 10.1 Å². The summed E-state index contributed by atoms with van der Waals surface area (Å²) in [6.07, 6.45) is 0. The first-order valence-corrected chi connectivity index (χ1v) is 8.77. The summed E-state index contributed by atoms with van der Waals surface area (Å²) in [6.45, 7) is 0.526. The smallest absolute Gasteiger partial charge is 0.123 e. The number of ether oxygens (including phenoxy) is 1. The monoisotopic (exact) mass is 349 g/mol. The van der Waals surface area contributed by atoms with Crippen molar-refractivity contribution in [2.75, 3.05) is 5.73 Å². The van der Waals surface area contributed by atoms with Crippen LogP contribution < -0.4 is 10.5 Å². The first-order valence-electron chi connectivity index (χ1n) is 7.95. The minimum Gasteiger partial charge on any atom is -0.489 e. The average molecular weight is 349 g/mol. The minimum atomic E-state index is -0.250. The van der Waals surface area contributed by atoms with Gasteiger partial charge in [0.2, 0.25) is 0 Å². The first-order chi connectivity index (χ1) is 12.2. The van der Waals surface area contributed by atoms with Gasteiger partial charge in [-0.25, -0.2) is 4.39 Å². The fraction of sp³-hybridized carbons (Fsp3) is 0.0476. The first kappa shape index (κ1) is 15.7. The summed E-state index contributed by atoms with van der Waals surface area (Å²) >= 11 is 1.59. The molecule has 4 rings (SSSR count). The zero-order chi connectivity index (χ0) is 17.2. The molecule has 1 heterocycles. The Morgan fingerprint density at radius 2 is 1.68 bits per heavy atom. The molecule has 0 aliphatic heterocycles. The highest BCUT2D eigenvalue weighted by molar-refractivity contribution is 7.23. The van der Waals surface area contributed by atoms with Crippen LogP contribution >= 0.6 is 11.3 Å². The number of nitrogen functional groups attached to an aromatic ring is 1. The van der Waals surface area contributed by atoms with E-state index < -0.39 is 0 Å². The largest absolute Gasteiger partial charge is 0.489 e. The minimum absolute atomic E-state index is 0.250. The molecule has 0 aliphatic rings. The molecule has 0 saturated carbocycles. The van der Waals surface area contributed by atoms with Crippen molar-refractivity contribution in [3.05, 3.63) is 84.2 Å². The van der Waals surface area contributed by atoms with Gasteiger partial charge in [0.1, 0.15) is 18.2 Å². The van der Waals surface area contributed by atoms with E-state index in [1.165, 1.54) is 12.1 Å². The lowest BCUT2D eigenvalue weighted by atomic mass is 10.1. The Kier molecular flexibility index (Phi) is 4.12. The van der Waals surface area contributed by atoms with Crippen molar-refractivity contribution in [2.24, 2.45) is 0 Å². The molecule has 4 heteroatoms. The molecule has 2 N–H and O–H groups in total. The third kappa shape index (κ3) is 3.21. The van der Waals surface area contributed by atoms with E-state index >= 15 is 0 Å². The highest BCUT2D eigenvalue weighted by Gasteiger charge is 2.12. The maximum atomic E-state index is 13.1. The van der Waals surface area contributed by atoms with Gasteiger partial charge in [-0.05, 0) is 41.5 Å². The zero-order valence-corrected chi connectivity index (χ0v) is 14.2. The van der Waals surface area contributed by atoms with E-state index in [-0.39, 0.29) is 5.82 Å². The molecule has 1 aromatic heterocycles. The summed E-state index contributed by atoms with van der Waals surface area (Å²) < 4.78 is 20.1. The summed E-state index contributed by atoms with van der Waals surface area (Å²) in [5, 5.41) is 0.997. The molecule has 0 fully saturated rings. The van der Waals surface area contributed by atoms with Crippen molar-refractivity contribution in [2.45, 2.75) is 6.61 Å². The van der Waals surface area contributed by atoms with Crippen molar-refractivity contribution in [1.82, 2.24) is 0 Å². The van der Waals surface area contributed by atoms with Gasteiger partial charge in [0.25, 0.3) is 0 Å². The number of benzene rings is 3. The lowest BCUT2D eigenvalue weighted by Gasteiger charge is -2.06.